The molecule has 170 valence electrons. The second-order valence-electron chi connectivity index (χ2n) is 7.12. The van der Waals surface area contributed by atoms with Crippen LogP contribution in [-0.4, -0.2) is 84.2 Å². The lowest BCUT2D eigenvalue weighted by Crippen LogP contribution is -2.54. The van der Waals surface area contributed by atoms with Gasteiger partial charge in [0.05, 0.1) is 30.7 Å². The van der Waals surface area contributed by atoms with Crippen LogP contribution in [0.5, 0.6) is 0 Å². The standard InChI is InChI=1S/C18H30N6O3S2.HI/c1-4-19-17(20-13-16-14-23-9-11-28-18(23)21-16)22-5-7-24(8-6-22)29(25,26)12-10-27-15(2)3;/h9,11,14-15H,4-8,10,12-13H2,1-3H3,(H,19,20);1H. The third-order valence-corrected chi connectivity index (χ3v) is 7.20. The third kappa shape index (κ3) is 6.77. The minimum atomic E-state index is -3.29. The van der Waals surface area contributed by atoms with Crippen molar-refractivity contribution in [3.63, 3.8) is 0 Å². The first-order chi connectivity index (χ1) is 13.9. The number of guanidine groups is 1. The number of nitrogens with one attached hydrogen (secondary N) is 1. The summed E-state index contributed by atoms with van der Waals surface area (Å²) < 4.78 is 34.0. The Balaban J connectivity index is 0.00000320. The Kier molecular flexibility index (Phi) is 9.78. The zero-order valence-corrected chi connectivity index (χ0v) is 21.6. The average molecular weight is 571 g/mol. The van der Waals surface area contributed by atoms with Crippen molar-refractivity contribution in [1.82, 2.24) is 23.9 Å². The number of sulfonamides is 1. The first-order valence-electron chi connectivity index (χ1n) is 9.93. The molecule has 1 aliphatic rings. The highest BCUT2D eigenvalue weighted by molar-refractivity contribution is 14.0. The van der Waals surface area contributed by atoms with E-state index in [1.54, 1.807) is 15.6 Å². The molecule has 1 saturated heterocycles. The molecule has 1 aliphatic heterocycles. The van der Waals surface area contributed by atoms with Crippen molar-refractivity contribution in [3.05, 3.63) is 23.5 Å². The van der Waals surface area contributed by atoms with Gasteiger partial charge < -0.3 is 15.0 Å². The van der Waals surface area contributed by atoms with E-state index >= 15 is 0 Å². The smallest absolute Gasteiger partial charge is 0.216 e. The van der Waals surface area contributed by atoms with Gasteiger partial charge >= 0.3 is 0 Å². The molecule has 0 spiro atoms. The van der Waals surface area contributed by atoms with Crippen LogP contribution in [0.25, 0.3) is 4.96 Å². The van der Waals surface area contributed by atoms with Crippen LogP contribution >= 0.6 is 35.3 Å². The first-order valence-corrected chi connectivity index (χ1v) is 12.4. The quantitative estimate of drug-likeness (QED) is 0.296. The Morgan fingerprint density at radius 1 is 1.33 bits per heavy atom. The predicted molar refractivity (Wildman–Crippen MR) is 131 cm³/mol. The number of hydrogen-bond donors (Lipinski definition) is 1. The summed E-state index contributed by atoms with van der Waals surface area (Å²) in [5, 5.41) is 5.31. The highest BCUT2D eigenvalue weighted by Gasteiger charge is 2.28. The van der Waals surface area contributed by atoms with Crippen LogP contribution in [-0.2, 0) is 21.3 Å². The number of piperazine rings is 1. The Hall–Kier alpha value is -0.960. The van der Waals surface area contributed by atoms with Crippen LogP contribution in [0.3, 0.4) is 0 Å². The monoisotopic (exact) mass is 570 g/mol. The second-order valence-corrected chi connectivity index (χ2v) is 10.1. The summed E-state index contributed by atoms with van der Waals surface area (Å²) in [6.45, 7) is 9.42. The fourth-order valence-corrected chi connectivity index (χ4v) is 5.13. The van der Waals surface area contributed by atoms with Gasteiger partial charge in [-0.1, -0.05) is 0 Å². The minimum Gasteiger partial charge on any atom is -0.378 e. The molecule has 2 aromatic heterocycles. The number of aliphatic imine (C=N–C) groups is 1. The molecule has 30 heavy (non-hydrogen) atoms. The average Bonchev–Trinajstić information content (AvgIpc) is 3.26. The van der Waals surface area contributed by atoms with Crippen LogP contribution in [0, 0.1) is 0 Å². The van der Waals surface area contributed by atoms with E-state index < -0.39 is 10.0 Å². The fraction of sp³-hybridized carbons (Fsp3) is 0.667. The van der Waals surface area contributed by atoms with E-state index in [1.807, 2.05) is 42.9 Å². The molecule has 0 aliphatic carbocycles. The van der Waals surface area contributed by atoms with Gasteiger partial charge in [0.15, 0.2) is 10.9 Å². The summed E-state index contributed by atoms with van der Waals surface area (Å²) in [7, 11) is -3.29. The van der Waals surface area contributed by atoms with Crippen molar-refractivity contribution >= 4 is 56.3 Å². The molecule has 0 radical (unpaired) electrons. The molecule has 0 unspecified atom stereocenters. The zero-order valence-electron chi connectivity index (χ0n) is 17.7. The van der Waals surface area contributed by atoms with E-state index in [9.17, 15) is 8.42 Å². The highest BCUT2D eigenvalue weighted by atomic mass is 127. The maximum absolute atomic E-state index is 12.5. The van der Waals surface area contributed by atoms with Crippen molar-refractivity contribution in [2.45, 2.75) is 33.4 Å². The van der Waals surface area contributed by atoms with Gasteiger partial charge in [-0.25, -0.2) is 18.4 Å². The van der Waals surface area contributed by atoms with Gasteiger partial charge in [-0.05, 0) is 20.8 Å². The Morgan fingerprint density at radius 3 is 2.70 bits per heavy atom. The third-order valence-electron chi connectivity index (χ3n) is 4.59. The van der Waals surface area contributed by atoms with Crippen LogP contribution < -0.4 is 5.32 Å². The van der Waals surface area contributed by atoms with Crippen molar-refractivity contribution in [2.24, 2.45) is 4.99 Å². The predicted octanol–water partition coefficient (Wildman–Crippen LogP) is 1.85. The molecule has 12 heteroatoms. The van der Waals surface area contributed by atoms with Crippen molar-refractivity contribution in [2.75, 3.05) is 45.1 Å². The van der Waals surface area contributed by atoms with Crippen LogP contribution in [0.4, 0.5) is 0 Å². The first kappa shape index (κ1) is 25.3. The maximum Gasteiger partial charge on any atom is 0.216 e. The van der Waals surface area contributed by atoms with Crippen LogP contribution in [0.1, 0.15) is 26.5 Å². The molecule has 9 nitrogen and oxygen atoms in total. The van der Waals surface area contributed by atoms with Gasteiger partial charge in [-0.15, -0.1) is 35.3 Å². The molecule has 0 amide bonds. The summed E-state index contributed by atoms with van der Waals surface area (Å²) >= 11 is 1.60. The van der Waals surface area contributed by atoms with Gasteiger partial charge in [-0.2, -0.15) is 4.31 Å². The van der Waals surface area contributed by atoms with E-state index in [-0.39, 0.29) is 42.4 Å². The summed E-state index contributed by atoms with van der Waals surface area (Å²) in [4.78, 5) is 12.3. The molecule has 2 aromatic rings. The summed E-state index contributed by atoms with van der Waals surface area (Å²) in [6, 6.07) is 0. The lowest BCUT2D eigenvalue weighted by Gasteiger charge is -2.35. The lowest BCUT2D eigenvalue weighted by molar-refractivity contribution is 0.0904. The summed E-state index contributed by atoms with van der Waals surface area (Å²) in [5.74, 6) is 0.820. The number of ether oxygens (including phenoxy) is 1. The number of aromatic nitrogens is 2. The van der Waals surface area contributed by atoms with Crippen LogP contribution in [0.15, 0.2) is 22.8 Å². The molecule has 3 heterocycles. The van der Waals surface area contributed by atoms with Crippen molar-refractivity contribution in [3.8, 4) is 0 Å². The van der Waals surface area contributed by atoms with E-state index in [2.05, 4.69) is 15.2 Å². The minimum absolute atomic E-state index is 0. The summed E-state index contributed by atoms with van der Waals surface area (Å²) in [6.07, 6.45) is 4.01. The molecule has 0 atom stereocenters. The molecule has 0 aromatic carbocycles. The van der Waals surface area contributed by atoms with Gasteiger partial charge in [-0.3, -0.25) is 4.40 Å². The number of imidazole rings is 1. The van der Waals surface area contributed by atoms with Crippen molar-refractivity contribution in [1.29, 1.82) is 0 Å². The second kappa shape index (κ2) is 11.6. The van der Waals surface area contributed by atoms with Gasteiger partial charge in [0, 0.05) is 50.5 Å². The number of nitrogens with zero attached hydrogens (tertiary/aromatic N) is 5. The fourth-order valence-electron chi connectivity index (χ4n) is 3.13. The molecule has 1 fully saturated rings. The lowest BCUT2D eigenvalue weighted by atomic mass is 10.4. The maximum atomic E-state index is 12.5. The van der Waals surface area contributed by atoms with Gasteiger partial charge in [0.1, 0.15) is 0 Å². The SMILES string of the molecule is CCNC(=NCc1cn2ccsc2n1)N1CCN(S(=O)(=O)CCOC(C)C)CC1.I. The Labute approximate surface area is 199 Å². The highest BCUT2D eigenvalue weighted by Crippen LogP contribution is 2.13. The summed E-state index contributed by atoms with van der Waals surface area (Å²) in [5.41, 5.74) is 0.915. The molecule has 0 bridgehead atoms. The largest absolute Gasteiger partial charge is 0.378 e. The molecule has 0 saturated carbocycles. The number of fused-ring (bicyclic) bond motifs is 1. The molecular weight excluding hydrogens is 539 g/mol. The van der Waals surface area contributed by atoms with E-state index in [0.29, 0.717) is 32.7 Å². The number of thiazole rings is 1. The zero-order chi connectivity index (χ0) is 20.9. The van der Waals surface area contributed by atoms with E-state index in [4.69, 9.17) is 9.73 Å². The van der Waals surface area contributed by atoms with E-state index in [1.165, 1.54) is 0 Å². The van der Waals surface area contributed by atoms with E-state index in [0.717, 1.165) is 23.2 Å². The number of hydrogen-bond acceptors (Lipinski definition) is 6. The molecule has 3 rings (SSSR count). The Morgan fingerprint density at radius 2 is 2.07 bits per heavy atom. The van der Waals surface area contributed by atoms with Gasteiger partial charge in [0.2, 0.25) is 10.0 Å². The van der Waals surface area contributed by atoms with Gasteiger partial charge in [0.25, 0.3) is 0 Å². The van der Waals surface area contributed by atoms with Crippen LogP contribution in [0.2, 0.25) is 0 Å². The number of rotatable bonds is 8. The molecular formula is C18H31IN6O3S2. The molecule has 1 N–H and O–H groups in total. The number of halogens is 1. The normalized spacial score (nSPS) is 16.3. The Bertz CT molecular complexity index is 891. The van der Waals surface area contributed by atoms with Crippen molar-refractivity contribution < 1.29 is 13.2 Å². The topological polar surface area (TPSA) is 91.5 Å².